The number of rotatable bonds is 4. The maximum Gasteiger partial charge on any atom is 0.163 e. The van der Waals surface area contributed by atoms with Gasteiger partial charge in [0.2, 0.25) is 0 Å². The molecule has 0 saturated heterocycles. The van der Waals surface area contributed by atoms with Crippen molar-refractivity contribution in [1.29, 1.82) is 0 Å². The summed E-state index contributed by atoms with van der Waals surface area (Å²) >= 11 is 0. The fourth-order valence-corrected chi connectivity index (χ4v) is 2.86. The SMILES string of the molecule is Cc1cccc(C)c1CCC(=O)c1c(C)cccc1C. The zero-order chi connectivity index (χ0) is 14.7. The van der Waals surface area contributed by atoms with Gasteiger partial charge in [0.1, 0.15) is 0 Å². The Hall–Kier alpha value is -1.89. The van der Waals surface area contributed by atoms with Gasteiger partial charge >= 0.3 is 0 Å². The van der Waals surface area contributed by atoms with Crippen molar-refractivity contribution in [2.45, 2.75) is 40.5 Å². The van der Waals surface area contributed by atoms with E-state index in [1.54, 1.807) is 0 Å². The number of carbonyl (C=O) groups is 1. The van der Waals surface area contributed by atoms with E-state index in [9.17, 15) is 4.79 Å². The van der Waals surface area contributed by atoms with Crippen LogP contribution in [0.25, 0.3) is 0 Å². The Labute approximate surface area is 121 Å². The molecule has 2 aromatic carbocycles. The van der Waals surface area contributed by atoms with E-state index < -0.39 is 0 Å². The standard InChI is InChI=1S/C19H22O/c1-13-7-5-8-14(2)17(13)11-12-18(20)19-15(3)9-6-10-16(19)4/h5-10H,11-12H2,1-4H3. The molecule has 1 nitrogen and oxygen atoms in total. The fraction of sp³-hybridized carbons (Fsp3) is 0.316. The van der Waals surface area contributed by atoms with Crippen molar-refractivity contribution in [1.82, 2.24) is 0 Å². The predicted molar refractivity (Wildman–Crippen MR) is 84.5 cm³/mol. The summed E-state index contributed by atoms with van der Waals surface area (Å²) in [6.07, 6.45) is 1.41. The van der Waals surface area contributed by atoms with Crippen LogP contribution in [-0.2, 0) is 6.42 Å². The number of benzene rings is 2. The average Bonchev–Trinajstić information content (AvgIpc) is 2.38. The number of ketones is 1. The molecule has 0 radical (unpaired) electrons. The molecule has 2 aromatic rings. The number of hydrogen-bond donors (Lipinski definition) is 0. The van der Waals surface area contributed by atoms with Gasteiger partial charge in [-0.2, -0.15) is 0 Å². The van der Waals surface area contributed by atoms with Gasteiger partial charge in [0.05, 0.1) is 0 Å². The Bertz CT molecular complexity index is 598. The molecule has 0 aliphatic carbocycles. The van der Waals surface area contributed by atoms with Crippen LogP contribution in [0.2, 0.25) is 0 Å². The Kier molecular flexibility index (Phi) is 4.39. The van der Waals surface area contributed by atoms with Crippen LogP contribution in [0.15, 0.2) is 36.4 Å². The van der Waals surface area contributed by atoms with E-state index in [1.807, 2.05) is 32.0 Å². The summed E-state index contributed by atoms with van der Waals surface area (Å²) in [4.78, 5) is 12.5. The monoisotopic (exact) mass is 266 g/mol. The molecule has 2 rings (SSSR count). The van der Waals surface area contributed by atoms with Gasteiger partial charge in [-0.05, 0) is 61.9 Å². The Balaban J connectivity index is 2.17. The molecule has 0 aliphatic rings. The molecule has 0 aliphatic heterocycles. The molecule has 0 aromatic heterocycles. The van der Waals surface area contributed by atoms with Gasteiger partial charge in [0.25, 0.3) is 0 Å². The van der Waals surface area contributed by atoms with Gasteiger partial charge in [0.15, 0.2) is 5.78 Å². The van der Waals surface area contributed by atoms with Gasteiger partial charge < -0.3 is 0 Å². The highest BCUT2D eigenvalue weighted by Gasteiger charge is 2.13. The maximum atomic E-state index is 12.5. The van der Waals surface area contributed by atoms with E-state index >= 15 is 0 Å². The summed E-state index contributed by atoms with van der Waals surface area (Å²) in [7, 11) is 0. The molecule has 0 atom stereocenters. The minimum absolute atomic E-state index is 0.253. The lowest BCUT2D eigenvalue weighted by Crippen LogP contribution is -2.07. The third-order valence-corrected chi connectivity index (χ3v) is 4.01. The first kappa shape index (κ1) is 14.5. The molecule has 0 N–H and O–H groups in total. The highest BCUT2D eigenvalue weighted by atomic mass is 16.1. The molecule has 0 bridgehead atoms. The molecule has 0 unspecified atom stereocenters. The van der Waals surface area contributed by atoms with Crippen LogP contribution in [0.1, 0.15) is 44.6 Å². The predicted octanol–water partition coefficient (Wildman–Crippen LogP) is 4.74. The van der Waals surface area contributed by atoms with Crippen LogP contribution in [0.5, 0.6) is 0 Å². The summed E-state index contributed by atoms with van der Waals surface area (Å²) in [6, 6.07) is 12.3. The van der Waals surface area contributed by atoms with Crippen molar-refractivity contribution in [3.8, 4) is 0 Å². The topological polar surface area (TPSA) is 17.1 Å². The third-order valence-electron chi connectivity index (χ3n) is 4.01. The fourth-order valence-electron chi connectivity index (χ4n) is 2.86. The van der Waals surface area contributed by atoms with E-state index in [1.165, 1.54) is 16.7 Å². The molecular weight excluding hydrogens is 244 g/mol. The van der Waals surface area contributed by atoms with Crippen molar-refractivity contribution in [2.75, 3.05) is 0 Å². The van der Waals surface area contributed by atoms with Crippen molar-refractivity contribution in [3.63, 3.8) is 0 Å². The van der Waals surface area contributed by atoms with Gasteiger partial charge in [-0.3, -0.25) is 4.79 Å². The molecule has 0 spiro atoms. The number of aryl methyl sites for hydroxylation is 4. The van der Waals surface area contributed by atoms with E-state index in [0.717, 1.165) is 23.1 Å². The average molecular weight is 266 g/mol. The highest BCUT2D eigenvalue weighted by molar-refractivity contribution is 5.98. The second-order valence-electron chi connectivity index (χ2n) is 5.56. The normalized spacial score (nSPS) is 10.6. The Morgan fingerprint density at radius 1 is 0.800 bits per heavy atom. The zero-order valence-corrected chi connectivity index (χ0v) is 12.8. The lowest BCUT2D eigenvalue weighted by Gasteiger charge is -2.11. The van der Waals surface area contributed by atoms with Crippen LogP contribution >= 0.6 is 0 Å². The van der Waals surface area contributed by atoms with Gasteiger partial charge in [-0.15, -0.1) is 0 Å². The Morgan fingerprint density at radius 2 is 1.25 bits per heavy atom. The largest absolute Gasteiger partial charge is 0.294 e. The van der Waals surface area contributed by atoms with Gasteiger partial charge in [-0.1, -0.05) is 36.4 Å². The first-order chi connectivity index (χ1) is 9.50. The Morgan fingerprint density at radius 3 is 1.75 bits per heavy atom. The minimum Gasteiger partial charge on any atom is -0.294 e. The first-order valence-corrected chi connectivity index (χ1v) is 7.15. The van der Waals surface area contributed by atoms with Crippen LogP contribution in [0.3, 0.4) is 0 Å². The summed E-state index contributed by atoms with van der Waals surface area (Å²) in [5.41, 5.74) is 6.93. The molecule has 0 saturated carbocycles. The second-order valence-corrected chi connectivity index (χ2v) is 5.56. The molecule has 0 amide bonds. The van der Waals surface area contributed by atoms with E-state index in [2.05, 4.69) is 32.0 Å². The summed E-state index contributed by atoms with van der Waals surface area (Å²) in [6.45, 7) is 8.26. The minimum atomic E-state index is 0.253. The van der Waals surface area contributed by atoms with Crippen LogP contribution < -0.4 is 0 Å². The lowest BCUT2D eigenvalue weighted by atomic mass is 9.93. The van der Waals surface area contributed by atoms with Crippen LogP contribution in [-0.4, -0.2) is 5.78 Å². The quantitative estimate of drug-likeness (QED) is 0.731. The zero-order valence-electron chi connectivity index (χ0n) is 12.8. The van der Waals surface area contributed by atoms with E-state index in [4.69, 9.17) is 0 Å². The third kappa shape index (κ3) is 2.98. The maximum absolute atomic E-state index is 12.5. The lowest BCUT2D eigenvalue weighted by molar-refractivity contribution is 0.0981. The molecule has 1 heteroatoms. The second kappa shape index (κ2) is 6.04. The van der Waals surface area contributed by atoms with Crippen molar-refractivity contribution in [3.05, 3.63) is 69.8 Å². The van der Waals surface area contributed by atoms with Crippen LogP contribution in [0.4, 0.5) is 0 Å². The van der Waals surface area contributed by atoms with E-state index in [-0.39, 0.29) is 5.78 Å². The smallest absolute Gasteiger partial charge is 0.163 e. The van der Waals surface area contributed by atoms with Gasteiger partial charge in [0, 0.05) is 12.0 Å². The van der Waals surface area contributed by atoms with Crippen molar-refractivity contribution < 1.29 is 4.79 Å². The molecular formula is C19H22O. The van der Waals surface area contributed by atoms with Crippen molar-refractivity contribution in [2.24, 2.45) is 0 Å². The van der Waals surface area contributed by atoms with Crippen LogP contribution in [0, 0.1) is 27.7 Å². The summed E-state index contributed by atoms with van der Waals surface area (Å²) < 4.78 is 0. The first-order valence-electron chi connectivity index (χ1n) is 7.15. The number of carbonyl (C=O) groups excluding carboxylic acids is 1. The molecule has 0 heterocycles. The summed E-state index contributed by atoms with van der Waals surface area (Å²) in [5.74, 6) is 0.253. The van der Waals surface area contributed by atoms with E-state index in [0.29, 0.717) is 6.42 Å². The van der Waals surface area contributed by atoms with Gasteiger partial charge in [-0.25, -0.2) is 0 Å². The number of Topliss-reactive ketones (excluding diaryl/α,β-unsaturated/α-hetero) is 1. The highest BCUT2D eigenvalue weighted by Crippen LogP contribution is 2.19. The molecule has 20 heavy (non-hydrogen) atoms. The molecule has 104 valence electrons. The molecule has 0 fully saturated rings. The summed E-state index contributed by atoms with van der Waals surface area (Å²) in [5, 5.41) is 0. The van der Waals surface area contributed by atoms with Crippen molar-refractivity contribution >= 4 is 5.78 Å². The number of hydrogen-bond acceptors (Lipinski definition) is 1.